The Kier molecular flexibility index (Phi) is 5.00. The highest BCUT2D eigenvalue weighted by Gasteiger charge is 2.27. The molecule has 1 aromatic rings. The molecule has 0 radical (unpaired) electrons. The standard InChI is InChI=1S/C17H24O2/c1-3-13-9-11-15(12-10-13)17(18)19-16-8-6-5-7-14(16)4-2/h9-12,14,16H,3-8H2,1-2H3. The lowest BCUT2D eigenvalue weighted by atomic mass is 9.85. The molecule has 104 valence electrons. The summed E-state index contributed by atoms with van der Waals surface area (Å²) in [6.45, 7) is 4.30. The molecular weight excluding hydrogens is 236 g/mol. The lowest BCUT2D eigenvalue weighted by Gasteiger charge is -2.30. The number of hydrogen-bond donors (Lipinski definition) is 0. The molecule has 2 unspecified atom stereocenters. The van der Waals surface area contributed by atoms with Crippen LogP contribution in [0.5, 0.6) is 0 Å². The Morgan fingerprint density at radius 3 is 2.47 bits per heavy atom. The molecule has 2 rings (SSSR count). The smallest absolute Gasteiger partial charge is 0.338 e. The molecule has 0 saturated heterocycles. The lowest BCUT2D eigenvalue weighted by molar-refractivity contribution is 0.000710. The summed E-state index contributed by atoms with van der Waals surface area (Å²) in [6, 6.07) is 7.78. The Labute approximate surface area is 116 Å². The predicted octanol–water partition coefficient (Wildman–Crippen LogP) is 4.37. The van der Waals surface area contributed by atoms with Crippen LogP contribution < -0.4 is 0 Å². The van der Waals surface area contributed by atoms with Gasteiger partial charge in [-0.2, -0.15) is 0 Å². The second kappa shape index (κ2) is 6.74. The van der Waals surface area contributed by atoms with Crippen LogP contribution in [0.3, 0.4) is 0 Å². The Bertz CT molecular complexity index is 408. The first-order valence-corrected chi connectivity index (χ1v) is 7.54. The lowest BCUT2D eigenvalue weighted by Crippen LogP contribution is -2.29. The van der Waals surface area contributed by atoms with Gasteiger partial charge < -0.3 is 4.74 Å². The number of esters is 1. The van der Waals surface area contributed by atoms with Crippen LogP contribution in [0.25, 0.3) is 0 Å². The molecule has 1 aromatic carbocycles. The summed E-state index contributed by atoms with van der Waals surface area (Å²) in [7, 11) is 0. The van der Waals surface area contributed by atoms with Gasteiger partial charge in [0.05, 0.1) is 5.56 Å². The highest BCUT2D eigenvalue weighted by Crippen LogP contribution is 2.29. The Morgan fingerprint density at radius 2 is 1.84 bits per heavy atom. The van der Waals surface area contributed by atoms with Gasteiger partial charge in [0, 0.05) is 0 Å². The molecule has 19 heavy (non-hydrogen) atoms. The SMILES string of the molecule is CCc1ccc(C(=O)OC2CCCCC2CC)cc1. The summed E-state index contributed by atoms with van der Waals surface area (Å²) >= 11 is 0. The molecule has 0 aromatic heterocycles. The molecule has 1 fully saturated rings. The third-order valence-electron chi connectivity index (χ3n) is 4.22. The van der Waals surface area contributed by atoms with Gasteiger partial charge in [-0.3, -0.25) is 0 Å². The van der Waals surface area contributed by atoms with Crippen LogP contribution >= 0.6 is 0 Å². The number of benzene rings is 1. The van der Waals surface area contributed by atoms with Crippen LogP contribution in [0.15, 0.2) is 24.3 Å². The molecular formula is C17H24O2. The van der Waals surface area contributed by atoms with E-state index in [-0.39, 0.29) is 12.1 Å². The van der Waals surface area contributed by atoms with Gasteiger partial charge in [0.25, 0.3) is 0 Å². The highest BCUT2D eigenvalue weighted by atomic mass is 16.5. The third kappa shape index (κ3) is 3.59. The summed E-state index contributed by atoms with van der Waals surface area (Å²) in [6.07, 6.45) is 6.90. The maximum atomic E-state index is 12.2. The number of ether oxygens (including phenoxy) is 1. The summed E-state index contributed by atoms with van der Waals surface area (Å²) in [5.41, 5.74) is 1.93. The zero-order valence-electron chi connectivity index (χ0n) is 12.0. The van der Waals surface area contributed by atoms with Crippen molar-refractivity contribution in [3.63, 3.8) is 0 Å². The average molecular weight is 260 g/mol. The molecule has 1 aliphatic rings. The molecule has 2 atom stereocenters. The van der Waals surface area contributed by atoms with Crippen molar-refractivity contribution in [2.45, 2.75) is 58.5 Å². The zero-order chi connectivity index (χ0) is 13.7. The second-order valence-electron chi connectivity index (χ2n) is 5.45. The van der Waals surface area contributed by atoms with Crippen LogP contribution in [0, 0.1) is 5.92 Å². The summed E-state index contributed by atoms with van der Waals surface area (Å²) < 4.78 is 5.72. The van der Waals surface area contributed by atoms with Crippen molar-refractivity contribution in [1.29, 1.82) is 0 Å². The Balaban J connectivity index is 1.98. The number of carbonyl (C=O) groups excluding carboxylic acids is 1. The normalized spacial score (nSPS) is 23.1. The predicted molar refractivity (Wildman–Crippen MR) is 77.3 cm³/mol. The van der Waals surface area contributed by atoms with Crippen LogP contribution in [0.1, 0.15) is 61.9 Å². The van der Waals surface area contributed by atoms with Crippen molar-refractivity contribution < 1.29 is 9.53 Å². The van der Waals surface area contributed by atoms with Crippen molar-refractivity contribution in [3.05, 3.63) is 35.4 Å². The fraction of sp³-hybridized carbons (Fsp3) is 0.588. The third-order valence-corrected chi connectivity index (χ3v) is 4.22. The van der Waals surface area contributed by atoms with E-state index in [1.807, 2.05) is 24.3 Å². The van der Waals surface area contributed by atoms with Crippen molar-refractivity contribution >= 4 is 5.97 Å². The molecule has 0 spiro atoms. The van der Waals surface area contributed by atoms with E-state index >= 15 is 0 Å². The summed E-state index contributed by atoms with van der Waals surface area (Å²) in [4.78, 5) is 12.2. The van der Waals surface area contributed by atoms with Gasteiger partial charge in [0.1, 0.15) is 6.10 Å². The van der Waals surface area contributed by atoms with Crippen molar-refractivity contribution in [2.24, 2.45) is 5.92 Å². The minimum absolute atomic E-state index is 0.122. The maximum Gasteiger partial charge on any atom is 0.338 e. The Morgan fingerprint density at radius 1 is 1.16 bits per heavy atom. The molecule has 1 saturated carbocycles. The average Bonchev–Trinajstić information content (AvgIpc) is 2.48. The minimum Gasteiger partial charge on any atom is -0.458 e. The van der Waals surface area contributed by atoms with Gasteiger partial charge in [-0.05, 0) is 55.7 Å². The van der Waals surface area contributed by atoms with Gasteiger partial charge in [-0.25, -0.2) is 4.79 Å². The number of rotatable bonds is 4. The number of hydrogen-bond acceptors (Lipinski definition) is 2. The van der Waals surface area contributed by atoms with Crippen molar-refractivity contribution in [2.75, 3.05) is 0 Å². The first-order chi connectivity index (χ1) is 9.24. The Hall–Kier alpha value is -1.31. The first kappa shape index (κ1) is 14.1. The van der Waals surface area contributed by atoms with E-state index in [0.29, 0.717) is 11.5 Å². The van der Waals surface area contributed by atoms with Crippen LogP contribution in [0.2, 0.25) is 0 Å². The van der Waals surface area contributed by atoms with Gasteiger partial charge >= 0.3 is 5.97 Å². The fourth-order valence-electron chi connectivity index (χ4n) is 2.88. The monoisotopic (exact) mass is 260 g/mol. The second-order valence-corrected chi connectivity index (χ2v) is 5.45. The van der Waals surface area contributed by atoms with E-state index in [1.165, 1.54) is 24.8 Å². The first-order valence-electron chi connectivity index (χ1n) is 7.54. The van der Waals surface area contributed by atoms with Gasteiger partial charge in [0.2, 0.25) is 0 Å². The van der Waals surface area contributed by atoms with E-state index in [4.69, 9.17) is 4.74 Å². The van der Waals surface area contributed by atoms with Gasteiger partial charge in [-0.1, -0.05) is 32.4 Å². The quantitative estimate of drug-likeness (QED) is 0.751. The van der Waals surface area contributed by atoms with Crippen LogP contribution in [-0.2, 0) is 11.2 Å². The number of aryl methyl sites for hydroxylation is 1. The highest BCUT2D eigenvalue weighted by molar-refractivity contribution is 5.89. The van der Waals surface area contributed by atoms with Gasteiger partial charge in [0.15, 0.2) is 0 Å². The number of carbonyl (C=O) groups is 1. The molecule has 0 bridgehead atoms. The molecule has 0 heterocycles. The zero-order valence-corrected chi connectivity index (χ0v) is 12.0. The van der Waals surface area contributed by atoms with Crippen molar-refractivity contribution in [3.8, 4) is 0 Å². The van der Waals surface area contributed by atoms with E-state index in [0.717, 1.165) is 19.3 Å². The van der Waals surface area contributed by atoms with Crippen LogP contribution in [0.4, 0.5) is 0 Å². The minimum atomic E-state index is -0.159. The maximum absolute atomic E-state index is 12.2. The molecule has 0 amide bonds. The van der Waals surface area contributed by atoms with E-state index in [9.17, 15) is 4.79 Å². The fourth-order valence-corrected chi connectivity index (χ4v) is 2.88. The van der Waals surface area contributed by atoms with E-state index < -0.39 is 0 Å². The van der Waals surface area contributed by atoms with E-state index in [1.54, 1.807) is 0 Å². The molecule has 0 N–H and O–H groups in total. The largest absolute Gasteiger partial charge is 0.458 e. The molecule has 0 aliphatic heterocycles. The van der Waals surface area contributed by atoms with Crippen molar-refractivity contribution in [1.82, 2.24) is 0 Å². The topological polar surface area (TPSA) is 26.3 Å². The summed E-state index contributed by atoms with van der Waals surface area (Å²) in [5.74, 6) is 0.389. The van der Waals surface area contributed by atoms with Gasteiger partial charge in [-0.15, -0.1) is 0 Å². The molecule has 2 heteroatoms. The molecule has 2 nitrogen and oxygen atoms in total. The summed E-state index contributed by atoms with van der Waals surface area (Å²) in [5, 5.41) is 0. The van der Waals surface area contributed by atoms with E-state index in [2.05, 4.69) is 13.8 Å². The molecule has 1 aliphatic carbocycles. The van der Waals surface area contributed by atoms with Crippen LogP contribution in [-0.4, -0.2) is 12.1 Å².